The standard InChI is InChI=1S/C14H14BrN3O/c15-9-11-1-3-12(4-2-11)14(19)18-8-7-17-6-5-16-13(17)10-18/h1-6H,7-10H2. The van der Waals surface area contributed by atoms with Gasteiger partial charge in [-0.15, -0.1) is 0 Å². The number of hydrogen-bond acceptors (Lipinski definition) is 2. The van der Waals surface area contributed by atoms with Gasteiger partial charge >= 0.3 is 0 Å². The van der Waals surface area contributed by atoms with Crippen LogP contribution in [0.5, 0.6) is 0 Å². The Labute approximate surface area is 120 Å². The van der Waals surface area contributed by atoms with E-state index in [-0.39, 0.29) is 5.91 Å². The van der Waals surface area contributed by atoms with Crippen LogP contribution in [0.3, 0.4) is 0 Å². The first-order chi connectivity index (χ1) is 9.28. The highest BCUT2D eigenvalue weighted by molar-refractivity contribution is 9.08. The van der Waals surface area contributed by atoms with Crippen LogP contribution in [0.1, 0.15) is 21.7 Å². The van der Waals surface area contributed by atoms with Crippen molar-refractivity contribution in [1.82, 2.24) is 14.5 Å². The van der Waals surface area contributed by atoms with Crippen LogP contribution in [0.4, 0.5) is 0 Å². The molecule has 2 aromatic rings. The molecule has 0 radical (unpaired) electrons. The zero-order valence-corrected chi connectivity index (χ0v) is 12.0. The van der Waals surface area contributed by atoms with E-state index in [1.54, 1.807) is 6.20 Å². The van der Waals surface area contributed by atoms with Crippen LogP contribution in [-0.4, -0.2) is 26.9 Å². The van der Waals surface area contributed by atoms with Crippen LogP contribution in [-0.2, 0) is 18.4 Å². The Kier molecular flexibility index (Phi) is 3.38. The van der Waals surface area contributed by atoms with E-state index in [4.69, 9.17) is 0 Å². The lowest BCUT2D eigenvalue weighted by atomic mass is 10.1. The summed E-state index contributed by atoms with van der Waals surface area (Å²) in [7, 11) is 0. The molecule has 0 saturated heterocycles. The van der Waals surface area contributed by atoms with Crippen LogP contribution in [0, 0.1) is 0 Å². The topological polar surface area (TPSA) is 38.1 Å². The Morgan fingerprint density at radius 3 is 2.79 bits per heavy atom. The van der Waals surface area contributed by atoms with Gasteiger partial charge in [0.15, 0.2) is 0 Å². The average Bonchev–Trinajstić information content (AvgIpc) is 2.94. The molecule has 2 heterocycles. The molecule has 1 aliphatic rings. The molecule has 0 fully saturated rings. The molecule has 3 rings (SSSR count). The summed E-state index contributed by atoms with van der Waals surface area (Å²) in [5.41, 5.74) is 1.91. The summed E-state index contributed by atoms with van der Waals surface area (Å²) in [4.78, 5) is 18.5. The van der Waals surface area contributed by atoms with Gasteiger partial charge in [-0.3, -0.25) is 4.79 Å². The van der Waals surface area contributed by atoms with Crippen molar-refractivity contribution in [3.8, 4) is 0 Å². The zero-order chi connectivity index (χ0) is 13.2. The predicted octanol–water partition coefficient (Wildman–Crippen LogP) is 2.43. The number of alkyl halides is 1. The SMILES string of the molecule is O=C(c1ccc(CBr)cc1)N1CCn2ccnc2C1. The highest BCUT2D eigenvalue weighted by atomic mass is 79.9. The van der Waals surface area contributed by atoms with Gasteiger partial charge in [-0.2, -0.15) is 0 Å². The molecule has 1 amide bonds. The van der Waals surface area contributed by atoms with E-state index < -0.39 is 0 Å². The lowest BCUT2D eigenvalue weighted by molar-refractivity contribution is 0.0707. The molecule has 0 saturated carbocycles. The molecular weight excluding hydrogens is 306 g/mol. The number of aromatic nitrogens is 2. The van der Waals surface area contributed by atoms with E-state index in [1.165, 1.54) is 5.56 Å². The minimum atomic E-state index is 0.0790. The van der Waals surface area contributed by atoms with Crippen LogP contribution >= 0.6 is 15.9 Å². The van der Waals surface area contributed by atoms with Gasteiger partial charge in [0.25, 0.3) is 5.91 Å². The third-order valence-electron chi connectivity index (χ3n) is 3.39. The van der Waals surface area contributed by atoms with Crippen molar-refractivity contribution in [2.45, 2.75) is 18.4 Å². The number of halogens is 1. The monoisotopic (exact) mass is 319 g/mol. The van der Waals surface area contributed by atoms with Crippen molar-refractivity contribution in [3.05, 3.63) is 53.6 Å². The lowest BCUT2D eigenvalue weighted by Crippen LogP contribution is -2.38. The van der Waals surface area contributed by atoms with E-state index in [2.05, 4.69) is 25.5 Å². The van der Waals surface area contributed by atoms with E-state index >= 15 is 0 Å². The minimum Gasteiger partial charge on any atom is -0.332 e. The molecule has 1 aromatic carbocycles. The van der Waals surface area contributed by atoms with Gasteiger partial charge in [0, 0.05) is 36.4 Å². The van der Waals surface area contributed by atoms with Crippen molar-refractivity contribution < 1.29 is 4.79 Å². The summed E-state index contributed by atoms with van der Waals surface area (Å²) < 4.78 is 2.09. The molecule has 4 nitrogen and oxygen atoms in total. The Morgan fingerprint density at radius 2 is 2.05 bits per heavy atom. The van der Waals surface area contributed by atoms with Crippen LogP contribution in [0.2, 0.25) is 0 Å². The summed E-state index contributed by atoms with van der Waals surface area (Å²) >= 11 is 3.40. The molecular formula is C14H14BrN3O. The number of amides is 1. The highest BCUT2D eigenvalue weighted by Gasteiger charge is 2.21. The number of hydrogen-bond donors (Lipinski definition) is 0. The van der Waals surface area contributed by atoms with Gasteiger partial charge in [-0.25, -0.2) is 4.98 Å². The van der Waals surface area contributed by atoms with E-state index in [0.29, 0.717) is 6.54 Å². The summed E-state index contributed by atoms with van der Waals surface area (Å²) in [5, 5.41) is 0.808. The fraction of sp³-hybridized carbons (Fsp3) is 0.286. The second-order valence-electron chi connectivity index (χ2n) is 4.59. The number of imidazole rings is 1. The third kappa shape index (κ3) is 2.42. The molecule has 0 aliphatic carbocycles. The van der Waals surface area contributed by atoms with E-state index in [9.17, 15) is 4.79 Å². The first kappa shape index (κ1) is 12.4. The maximum atomic E-state index is 12.4. The molecule has 0 N–H and O–H groups in total. The van der Waals surface area contributed by atoms with Crippen molar-refractivity contribution in [3.63, 3.8) is 0 Å². The molecule has 0 spiro atoms. The normalized spacial score (nSPS) is 14.3. The van der Waals surface area contributed by atoms with Crippen LogP contribution in [0.25, 0.3) is 0 Å². The number of nitrogens with zero attached hydrogens (tertiary/aromatic N) is 3. The average molecular weight is 320 g/mol. The third-order valence-corrected chi connectivity index (χ3v) is 4.03. The number of carbonyl (C=O) groups excluding carboxylic acids is 1. The van der Waals surface area contributed by atoms with Crippen molar-refractivity contribution in [2.75, 3.05) is 6.54 Å². The first-order valence-electron chi connectivity index (χ1n) is 6.22. The Hall–Kier alpha value is -1.62. The maximum Gasteiger partial charge on any atom is 0.254 e. The fourth-order valence-electron chi connectivity index (χ4n) is 2.27. The summed E-state index contributed by atoms with van der Waals surface area (Å²) in [5.74, 6) is 1.03. The van der Waals surface area contributed by atoms with E-state index in [1.807, 2.05) is 35.4 Å². The molecule has 98 valence electrons. The van der Waals surface area contributed by atoms with Crippen molar-refractivity contribution in [2.24, 2.45) is 0 Å². The highest BCUT2D eigenvalue weighted by Crippen LogP contribution is 2.15. The second kappa shape index (κ2) is 5.17. The Balaban J connectivity index is 1.77. The van der Waals surface area contributed by atoms with Crippen molar-refractivity contribution in [1.29, 1.82) is 0 Å². The summed E-state index contributed by atoms with van der Waals surface area (Å²) in [6.45, 7) is 2.15. The Morgan fingerprint density at radius 1 is 1.26 bits per heavy atom. The first-order valence-corrected chi connectivity index (χ1v) is 7.34. The molecule has 0 bridgehead atoms. The number of fused-ring (bicyclic) bond motifs is 1. The largest absolute Gasteiger partial charge is 0.332 e. The summed E-state index contributed by atoms with van der Waals surface area (Å²) in [6, 6.07) is 7.74. The quantitative estimate of drug-likeness (QED) is 0.797. The van der Waals surface area contributed by atoms with Gasteiger partial charge in [0.2, 0.25) is 0 Å². The molecule has 0 atom stereocenters. The van der Waals surface area contributed by atoms with Gasteiger partial charge in [0.1, 0.15) is 5.82 Å². The summed E-state index contributed by atoms with van der Waals surface area (Å²) in [6.07, 6.45) is 3.75. The maximum absolute atomic E-state index is 12.4. The number of carbonyl (C=O) groups is 1. The van der Waals surface area contributed by atoms with Gasteiger partial charge < -0.3 is 9.47 Å². The molecule has 1 aromatic heterocycles. The van der Waals surface area contributed by atoms with E-state index in [0.717, 1.165) is 29.8 Å². The van der Waals surface area contributed by atoms with Gasteiger partial charge in [0.05, 0.1) is 6.54 Å². The number of rotatable bonds is 2. The van der Waals surface area contributed by atoms with Crippen molar-refractivity contribution >= 4 is 21.8 Å². The predicted molar refractivity (Wildman–Crippen MR) is 76.0 cm³/mol. The smallest absolute Gasteiger partial charge is 0.254 e. The lowest BCUT2D eigenvalue weighted by Gasteiger charge is -2.27. The molecule has 1 aliphatic heterocycles. The minimum absolute atomic E-state index is 0.0790. The molecule has 19 heavy (non-hydrogen) atoms. The molecule has 0 unspecified atom stereocenters. The zero-order valence-electron chi connectivity index (χ0n) is 10.4. The second-order valence-corrected chi connectivity index (χ2v) is 5.15. The fourth-order valence-corrected chi connectivity index (χ4v) is 2.64. The van der Waals surface area contributed by atoms with Crippen LogP contribution < -0.4 is 0 Å². The van der Waals surface area contributed by atoms with Gasteiger partial charge in [-0.1, -0.05) is 28.1 Å². The van der Waals surface area contributed by atoms with Gasteiger partial charge in [-0.05, 0) is 17.7 Å². The number of benzene rings is 1. The van der Waals surface area contributed by atoms with Crippen LogP contribution in [0.15, 0.2) is 36.7 Å². The molecule has 5 heteroatoms. The Bertz CT molecular complexity index is 591.